The molecule has 1 fully saturated rings. The molecule has 1 aliphatic heterocycles. The molecule has 1 atom stereocenters. The molecule has 5 nitrogen and oxygen atoms in total. The zero-order valence-corrected chi connectivity index (χ0v) is 19.9. The van der Waals surface area contributed by atoms with Gasteiger partial charge in [0.15, 0.2) is 5.96 Å². The van der Waals surface area contributed by atoms with Crippen LogP contribution in [0.1, 0.15) is 32.4 Å². The fraction of sp³-hybridized carbons (Fsp3) is 0.722. The van der Waals surface area contributed by atoms with E-state index in [0.717, 1.165) is 30.1 Å². The molecule has 144 valence electrons. The van der Waals surface area contributed by atoms with Crippen LogP contribution in [0.15, 0.2) is 21.7 Å². The number of hydrogen-bond donors (Lipinski definition) is 1. The zero-order chi connectivity index (χ0) is 17.5. The molecule has 0 bridgehead atoms. The van der Waals surface area contributed by atoms with Gasteiger partial charge in [-0.05, 0) is 60.8 Å². The molecule has 1 aromatic rings. The van der Waals surface area contributed by atoms with Crippen molar-refractivity contribution in [2.24, 2.45) is 18.0 Å². The standard InChI is InChI=1S/C18H32BrN5.HI/c1-5-8-24-9-7-15(12-24)11-21-18(20-6-2)23(4)14-17-10-16(19)13-22(17)3;/h10,13,15H,5-9,11-12,14H2,1-4H3,(H,20,21);1H. The predicted octanol–water partition coefficient (Wildman–Crippen LogP) is 3.53. The molecule has 0 aliphatic carbocycles. The van der Waals surface area contributed by atoms with E-state index < -0.39 is 0 Å². The maximum Gasteiger partial charge on any atom is 0.194 e. The number of guanidine groups is 1. The van der Waals surface area contributed by atoms with Gasteiger partial charge in [0.2, 0.25) is 0 Å². The van der Waals surface area contributed by atoms with Gasteiger partial charge < -0.3 is 19.7 Å². The Balaban J connectivity index is 0.00000312. The normalized spacial score (nSPS) is 18.3. The SMILES string of the molecule is CCCN1CCC(CN=C(NCC)N(C)Cc2cc(Br)cn2C)C1.I. The third-order valence-electron chi connectivity index (χ3n) is 4.58. The van der Waals surface area contributed by atoms with Gasteiger partial charge in [0.05, 0.1) is 6.54 Å². The van der Waals surface area contributed by atoms with E-state index in [9.17, 15) is 0 Å². The van der Waals surface area contributed by atoms with Crippen LogP contribution in [-0.4, -0.2) is 60.1 Å². The van der Waals surface area contributed by atoms with Crippen molar-refractivity contribution in [3.8, 4) is 0 Å². The summed E-state index contributed by atoms with van der Waals surface area (Å²) in [6.07, 6.45) is 4.61. The van der Waals surface area contributed by atoms with E-state index >= 15 is 0 Å². The Morgan fingerprint density at radius 1 is 1.44 bits per heavy atom. The fourth-order valence-electron chi connectivity index (χ4n) is 3.31. The van der Waals surface area contributed by atoms with Crippen molar-refractivity contribution >= 4 is 45.9 Å². The minimum atomic E-state index is 0. The molecule has 0 spiro atoms. The Morgan fingerprint density at radius 2 is 2.20 bits per heavy atom. The summed E-state index contributed by atoms with van der Waals surface area (Å²) in [6.45, 7) is 10.7. The van der Waals surface area contributed by atoms with Gasteiger partial charge in [-0.1, -0.05) is 6.92 Å². The molecule has 1 unspecified atom stereocenters. The molecule has 0 aromatic carbocycles. The topological polar surface area (TPSA) is 35.8 Å². The minimum Gasteiger partial charge on any atom is -0.357 e. The Kier molecular flexibility index (Phi) is 10.4. The highest BCUT2D eigenvalue weighted by molar-refractivity contribution is 14.0. The van der Waals surface area contributed by atoms with Crippen molar-refractivity contribution in [3.05, 3.63) is 22.4 Å². The smallest absolute Gasteiger partial charge is 0.194 e. The van der Waals surface area contributed by atoms with Gasteiger partial charge in [-0.2, -0.15) is 0 Å². The second kappa shape index (κ2) is 11.4. The number of aryl methyl sites for hydroxylation is 1. The number of hydrogen-bond acceptors (Lipinski definition) is 2. The lowest BCUT2D eigenvalue weighted by Gasteiger charge is -2.23. The molecule has 1 N–H and O–H groups in total. The first-order valence-electron chi connectivity index (χ1n) is 9.06. The maximum absolute atomic E-state index is 4.91. The number of aromatic nitrogens is 1. The van der Waals surface area contributed by atoms with Gasteiger partial charge in [0.25, 0.3) is 0 Å². The number of likely N-dealkylation sites (tertiary alicyclic amines) is 1. The highest BCUT2D eigenvalue weighted by Gasteiger charge is 2.21. The van der Waals surface area contributed by atoms with Crippen LogP contribution < -0.4 is 5.32 Å². The summed E-state index contributed by atoms with van der Waals surface area (Å²) in [7, 11) is 4.19. The molecular weight excluding hydrogens is 493 g/mol. The van der Waals surface area contributed by atoms with Crippen molar-refractivity contribution in [3.63, 3.8) is 0 Å². The third-order valence-corrected chi connectivity index (χ3v) is 5.01. The molecule has 0 saturated carbocycles. The Bertz CT molecular complexity index is 546. The Morgan fingerprint density at radius 3 is 2.80 bits per heavy atom. The van der Waals surface area contributed by atoms with Crippen molar-refractivity contribution < 1.29 is 0 Å². The zero-order valence-electron chi connectivity index (χ0n) is 16.0. The van der Waals surface area contributed by atoms with Gasteiger partial charge >= 0.3 is 0 Å². The summed E-state index contributed by atoms with van der Waals surface area (Å²) in [5.74, 6) is 1.70. The van der Waals surface area contributed by atoms with Crippen LogP contribution >= 0.6 is 39.9 Å². The molecule has 1 aromatic heterocycles. The molecule has 25 heavy (non-hydrogen) atoms. The van der Waals surface area contributed by atoms with E-state index in [4.69, 9.17) is 4.99 Å². The van der Waals surface area contributed by atoms with E-state index in [1.165, 1.54) is 38.2 Å². The summed E-state index contributed by atoms with van der Waals surface area (Å²) in [6, 6.07) is 2.17. The lowest BCUT2D eigenvalue weighted by atomic mass is 10.1. The molecule has 2 rings (SSSR count). The molecular formula is C18H33BrIN5. The monoisotopic (exact) mass is 525 g/mol. The van der Waals surface area contributed by atoms with Crippen molar-refractivity contribution in [1.82, 2.24) is 19.7 Å². The van der Waals surface area contributed by atoms with E-state index in [-0.39, 0.29) is 24.0 Å². The van der Waals surface area contributed by atoms with Gasteiger partial charge in [0, 0.05) is 50.1 Å². The van der Waals surface area contributed by atoms with Crippen LogP contribution in [0, 0.1) is 5.92 Å². The lowest BCUT2D eigenvalue weighted by molar-refractivity contribution is 0.326. The average molecular weight is 526 g/mol. The van der Waals surface area contributed by atoms with Crippen LogP contribution in [0.2, 0.25) is 0 Å². The summed E-state index contributed by atoms with van der Waals surface area (Å²) < 4.78 is 3.28. The van der Waals surface area contributed by atoms with Crippen molar-refractivity contribution in [2.45, 2.75) is 33.2 Å². The third kappa shape index (κ3) is 7.09. The van der Waals surface area contributed by atoms with Crippen LogP contribution in [0.25, 0.3) is 0 Å². The first kappa shape index (κ1) is 22.8. The number of aliphatic imine (C=N–C) groups is 1. The molecule has 7 heteroatoms. The number of nitrogens with zero attached hydrogens (tertiary/aromatic N) is 4. The first-order valence-corrected chi connectivity index (χ1v) is 9.85. The van der Waals surface area contributed by atoms with Gasteiger partial charge in [-0.3, -0.25) is 4.99 Å². The Labute approximate surface area is 178 Å². The quantitative estimate of drug-likeness (QED) is 0.336. The number of rotatable bonds is 7. The first-order chi connectivity index (χ1) is 11.5. The summed E-state index contributed by atoms with van der Waals surface area (Å²) in [5, 5.41) is 3.43. The second-order valence-corrected chi connectivity index (χ2v) is 7.68. The minimum absolute atomic E-state index is 0. The highest BCUT2D eigenvalue weighted by atomic mass is 127. The largest absolute Gasteiger partial charge is 0.357 e. The highest BCUT2D eigenvalue weighted by Crippen LogP contribution is 2.17. The number of nitrogens with one attached hydrogen (secondary N) is 1. The van der Waals surface area contributed by atoms with Gasteiger partial charge in [-0.25, -0.2) is 0 Å². The summed E-state index contributed by atoms with van der Waals surface area (Å²) in [5.41, 5.74) is 1.27. The van der Waals surface area contributed by atoms with Gasteiger partial charge in [0.1, 0.15) is 0 Å². The van der Waals surface area contributed by atoms with Crippen LogP contribution in [0.5, 0.6) is 0 Å². The van der Waals surface area contributed by atoms with E-state index in [2.05, 4.69) is 75.8 Å². The molecule has 0 amide bonds. The van der Waals surface area contributed by atoms with Crippen LogP contribution in [0.3, 0.4) is 0 Å². The lowest BCUT2D eigenvalue weighted by Crippen LogP contribution is -2.39. The van der Waals surface area contributed by atoms with E-state index in [0.29, 0.717) is 5.92 Å². The second-order valence-electron chi connectivity index (χ2n) is 6.77. The molecule has 0 radical (unpaired) electrons. The van der Waals surface area contributed by atoms with E-state index in [1.54, 1.807) is 0 Å². The molecule has 1 aliphatic rings. The van der Waals surface area contributed by atoms with E-state index in [1.807, 2.05) is 0 Å². The number of halogens is 2. The average Bonchev–Trinajstić information content (AvgIpc) is 3.10. The van der Waals surface area contributed by atoms with Crippen molar-refractivity contribution in [2.75, 3.05) is 39.8 Å². The predicted molar refractivity (Wildman–Crippen MR) is 121 cm³/mol. The maximum atomic E-state index is 4.91. The molecule has 2 heterocycles. The van der Waals surface area contributed by atoms with Crippen LogP contribution in [0.4, 0.5) is 0 Å². The fourth-order valence-corrected chi connectivity index (χ4v) is 3.88. The summed E-state index contributed by atoms with van der Waals surface area (Å²) in [4.78, 5) is 9.69. The van der Waals surface area contributed by atoms with Crippen LogP contribution in [-0.2, 0) is 13.6 Å². The molecule has 1 saturated heterocycles. The van der Waals surface area contributed by atoms with Gasteiger partial charge in [-0.15, -0.1) is 24.0 Å². The van der Waals surface area contributed by atoms with Crippen molar-refractivity contribution in [1.29, 1.82) is 0 Å². The Hall–Kier alpha value is -0.280. The summed E-state index contributed by atoms with van der Waals surface area (Å²) >= 11 is 3.54.